The maximum Gasteiger partial charge on any atom is 0.222 e. The average Bonchev–Trinajstić information content (AvgIpc) is 2.66. The Morgan fingerprint density at radius 1 is 1.16 bits per heavy atom. The third kappa shape index (κ3) is 5.16. The minimum atomic E-state index is 0.379. The van der Waals surface area contributed by atoms with Crippen molar-refractivity contribution in [1.82, 2.24) is 9.80 Å². The van der Waals surface area contributed by atoms with Crippen LogP contribution in [0, 0.1) is 5.92 Å². The van der Waals surface area contributed by atoms with Crippen molar-refractivity contribution < 1.29 is 4.79 Å². The van der Waals surface area contributed by atoms with E-state index in [0.29, 0.717) is 17.7 Å². The molecule has 0 radical (unpaired) electrons. The van der Waals surface area contributed by atoms with Crippen LogP contribution >= 0.6 is 23.4 Å². The van der Waals surface area contributed by atoms with Gasteiger partial charge in [0.25, 0.3) is 0 Å². The first kappa shape index (κ1) is 15.5. The molecule has 2 saturated heterocycles. The fourth-order valence-corrected chi connectivity index (χ4v) is 4.33. The molecule has 0 saturated carbocycles. The van der Waals surface area contributed by atoms with Gasteiger partial charge in [0.05, 0.1) is 0 Å². The summed E-state index contributed by atoms with van der Waals surface area (Å²) < 4.78 is 0. The summed E-state index contributed by atoms with van der Waals surface area (Å²) in [5, 5.41) is 0. The number of hydrogen-bond donors (Lipinski definition) is 0. The fraction of sp³-hybridized carbons (Fsp3) is 0.929. The molecule has 0 aromatic carbocycles. The van der Waals surface area contributed by atoms with Crippen molar-refractivity contribution in [3.63, 3.8) is 0 Å². The van der Waals surface area contributed by atoms with Crippen LogP contribution in [0.25, 0.3) is 0 Å². The number of nitrogens with zero attached hydrogens (tertiary/aromatic N) is 2. The van der Waals surface area contributed by atoms with E-state index in [1.165, 1.54) is 24.3 Å². The van der Waals surface area contributed by atoms with Crippen LogP contribution in [0.5, 0.6) is 0 Å². The Morgan fingerprint density at radius 2 is 1.95 bits per heavy atom. The minimum Gasteiger partial charge on any atom is -0.341 e. The van der Waals surface area contributed by atoms with Crippen LogP contribution in [0.15, 0.2) is 0 Å². The predicted octanol–water partition coefficient (Wildman–Crippen LogP) is 2.29. The molecular weight excluding hydrogens is 280 g/mol. The minimum absolute atomic E-state index is 0.379. The van der Waals surface area contributed by atoms with E-state index in [0.717, 1.165) is 45.6 Å². The van der Waals surface area contributed by atoms with E-state index < -0.39 is 0 Å². The van der Waals surface area contributed by atoms with Crippen LogP contribution in [0.3, 0.4) is 0 Å². The van der Waals surface area contributed by atoms with E-state index in [2.05, 4.69) is 9.80 Å². The van der Waals surface area contributed by atoms with Gasteiger partial charge in [-0.3, -0.25) is 4.79 Å². The lowest BCUT2D eigenvalue weighted by Crippen LogP contribution is -2.36. The number of alkyl halides is 1. The third-order valence-corrected chi connectivity index (χ3v) is 5.36. The summed E-state index contributed by atoms with van der Waals surface area (Å²) in [5.41, 5.74) is 0. The van der Waals surface area contributed by atoms with Crippen LogP contribution in [-0.4, -0.2) is 65.8 Å². The van der Waals surface area contributed by atoms with Gasteiger partial charge in [-0.1, -0.05) is 0 Å². The van der Waals surface area contributed by atoms with Crippen molar-refractivity contribution in [2.75, 3.05) is 50.1 Å². The maximum absolute atomic E-state index is 12.4. The Balaban J connectivity index is 1.75. The van der Waals surface area contributed by atoms with Crippen LogP contribution in [-0.2, 0) is 4.79 Å². The fourth-order valence-electron chi connectivity index (χ4n) is 2.89. The molecule has 0 aromatic heterocycles. The van der Waals surface area contributed by atoms with E-state index >= 15 is 0 Å². The van der Waals surface area contributed by atoms with Gasteiger partial charge in [-0.15, -0.1) is 11.6 Å². The molecule has 2 heterocycles. The summed E-state index contributed by atoms with van der Waals surface area (Å²) in [4.78, 5) is 16.8. The van der Waals surface area contributed by atoms with Crippen LogP contribution in [0.4, 0.5) is 0 Å². The van der Waals surface area contributed by atoms with E-state index in [4.69, 9.17) is 11.6 Å². The molecule has 5 heteroatoms. The van der Waals surface area contributed by atoms with Crippen molar-refractivity contribution in [3.05, 3.63) is 0 Å². The number of carbonyl (C=O) groups is 1. The van der Waals surface area contributed by atoms with Crippen molar-refractivity contribution in [3.8, 4) is 0 Å². The van der Waals surface area contributed by atoms with Gasteiger partial charge in [-0.05, 0) is 43.2 Å². The summed E-state index contributed by atoms with van der Waals surface area (Å²) in [6, 6.07) is 0. The molecule has 0 atom stereocenters. The molecule has 2 aliphatic heterocycles. The van der Waals surface area contributed by atoms with Gasteiger partial charge in [-0.2, -0.15) is 11.8 Å². The lowest BCUT2D eigenvalue weighted by atomic mass is 9.98. The Kier molecular flexibility index (Phi) is 6.82. The van der Waals surface area contributed by atoms with E-state index in [-0.39, 0.29) is 0 Å². The molecule has 2 aliphatic rings. The molecule has 19 heavy (non-hydrogen) atoms. The molecule has 2 rings (SSSR count). The summed E-state index contributed by atoms with van der Waals surface area (Å²) in [6.45, 7) is 4.83. The molecule has 3 nitrogen and oxygen atoms in total. The first-order valence-corrected chi connectivity index (χ1v) is 9.12. The lowest BCUT2D eigenvalue weighted by Gasteiger charge is -2.26. The third-order valence-electron chi connectivity index (χ3n) is 4.15. The second kappa shape index (κ2) is 8.38. The number of rotatable bonds is 4. The lowest BCUT2D eigenvalue weighted by molar-refractivity contribution is -0.132. The zero-order valence-electron chi connectivity index (χ0n) is 11.7. The van der Waals surface area contributed by atoms with E-state index in [1.54, 1.807) is 0 Å². The predicted molar refractivity (Wildman–Crippen MR) is 83.0 cm³/mol. The second-order valence-corrected chi connectivity index (χ2v) is 7.13. The number of hydrogen-bond acceptors (Lipinski definition) is 3. The molecule has 0 unspecified atom stereocenters. The highest BCUT2D eigenvalue weighted by Gasteiger charge is 2.23. The van der Waals surface area contributed by atoms with E-state index in [9.17, 15) is 4.79 Å². The van der Waals surface area contributed by atoms with Crippen molar-refractivity contribution in [1.29, 1.82) is 0 Å². The molecular formula is C14H25ClN2OS. The van der Waals surface area contributed by atoms with Gasteiger partial charge < -0.3 is 9.80 Å². The normalized spacial score (nSPS) is 23.3. The molecule has 1 amide bonds. The quantitative estimate of drug-likeness (QED) is 0.745. The van der Waals surface area contributed by atoms with Crippen LogP contribution < -0.4 is 0 Å². The molecule has 0 spiro atoms. The van der Waals surface area contributed by atoms with E-state index in [1.807, 2.05) is 11.8 Å². The van der Waals surface area contributed by atoms with Crippen LogP contribution in [0.1, 0.15) is 25.7 Å². The SMILES string of the molecule is O=C(CC1CCSCC1)N1CCCN(CCCl)CC1. The van der Waals surface area contributed by atoms with Crippen molar-refractivity contribution >= 4 is 29.3 Å². The average molecular weight is 305 g/mol. The first-order chi connectivity index (χ1) is 9.29. The number of halogens is 1. The summed E-state index contributed by atoms with van der Waals surface area (Å²) in [7, 11) is 0. The second-order valence-electron chi connectivity index (χ2n) is 5.52. The highest BCUT2D eigenvalue weighted by molar-refractivity contribution is 7.99. The summed E-state index contributed by atoms with van der Waals surface area (Å²) in [6.07, 6.45) is 4.31. The maximum atomic E-state index is 12.4. The van der Waals surface area contributed by atoms with Crippen molar-refractivity contribution in [2.24, 2.45) is 5.92 Å². The van der Waals surface area contributed by atoms with Gasteiger partial charge in [0.15, 0.2) is 0 Å². The Hall–Kier alpha value is 0.0700. The van der Waals surface area contributed by atoms with Gasteiger partial charge in [0, 0.05) is 38.5 Å². The smallest absolute Gasteiger partial charge is 0.222 e. The van der Waals surface area contributed by atoms with Crippen LogP contribution in [0.2, 0.25) is 0 Å². The Labute approximate surface area is 126 Å². The zero-order chi connectivity index (χ0) is 13.5. The zero-order valence-corrected chi connectivity index (χ0v) is 13.2. The Morgan fingerprint density at radius 3 is 2.68 bits per heavy atom. The standard InChI is InChI=1S/C14H25ClN2OS/c15-4-7-16-5-1-6-17(9-8-16)14(18)12-13-2-10-19-11-3-13/h13H,1-12H2. The van der Waals surface area contributed by atoms with Gasteiger partial charge >= 0.3 is 0 Å². The molecule has 2 fully saturated rings. The number of amides is 1. The molecule has 0 N–H and O–H groups in total. The summed E-state index contributed by atoms with van der Waals surface area (Å²) in [5.74, 6) is 4.18. The van der Waals surface area contributed by atoms with Gasteiger partial charge in [-0.25, -0.2) is 0 Å². The molecule has 0 aromatic rings. The van der Waals surface area contributed by atoms with Gasteiger partial charge in [0.2, 0.25) is 5.91 Å². The summed E-state index contributed by atoms with van der Waals surface area (Å²) >= 11 is 7.82. The monoisotopic (exact) mass is 304 g/mol. The molecule has 110 valence electrons. The van der Waals surface area contributed by atoms with Crippen molar-refractivity contribution in [2.45, 2.75) is 25.7 Å². The first-order valence-electron chi connectivity index (χ1n) is 7.43. The number of carbonyl (C=O) groups excluding carboxylic acids is 1. The molecule has 0 bridgehead atoms. The highest BCUT2D eigenvalue weighted by Crippen LogP contribution is 2.26. The Bertz CT molecular complexity index is 285. The number of thioether (sulfide) groups is 1. The highest BCUT2D eigenvalue weighted by atomic mass is 35.5. The largest absolute Gasteiger partial charge is 0.341 e. The topological polar surface area (TPSA) is 23.6 Å². The van der Waals surface area contributed by atoms with Gasteiger partial charge in [0.1, 0.15) is 0 Å². The molecule has 0 aliphatic carbocycles.